The quantitative estimate of drug-likeness (QED) is 0.782. The standard InChI is InChI=1S/C14H17N5O/c1-18-8-6-16-13(18)5-7-19-12-4-3-10(20-2)9-11(12)17-14(19)15/h3-4,6,8-9H,5,7H2,1-2H3,(H2,15,17). The average Bonchev–Trinajstić information content (AvgIpc) is 2.98. The third-order valence-electron chi connectivity index (χ3n) is 3.46. The molecule has 0 aliphatic heterocycles. The maximum Gasteiger partial charge on any atom is 0.201 e. The van der Waals surface area contributed by atoms with Crippen LogP contribution >= 0.6 is 0 Å². The van der Waals surface area contributed by atoms with Crippen LogP contribution in [0.25, 0.3) is 11.0 Å². The van der Waals surface area contributed by atoms with Gasteiger partial charge in [0.05, 0.1) is 18.1 Å². The van der Waals surface area contributed by atoms with E-state index in [1.165, 1.54) is 0 Å². The number of hydrogen-bond acceptors (Lipinski definition) is 4. The van der Waals surface area contributed by atoms with Gasteiger partial charge in [-0.05, 0) is 12.1 Å². The molecule has 0 aliphatic carbocycles. The van der Waals surface area contributed by atoms with Crippen molar-refractivity contribution < 1.29 is 4.74 Å². The molecule has 0 aliphatic rings. The van der Waals surface area contributed by atoms with E-state index in [2.05, 4.69) is 9.97 Å². The fourth-order valence-corrected chi connectivity index (χ4v) is 2.34. The highest BCUT2D eigenvalue weighted by atomic mass is 16.5. The van der Waals surface area contributed by atoms with Gasteiger partial charge in [0.25, 0.3) is 0 Å². The van der Waals surface area contributed by atoms with Gasteiger partial charge in [0, 0.05) is 38.5 Å². The smallest absolute Gasteiger partial charge is 0.201 e. The molecule has 0 fully saturated rings. The highest BCUT2D eigenvalue weighted by Gasteiger charge is 2.10. The first-order valence-electron chi connectivity index (χ1n) is 6.45. The van der Waals surface area contributed by atoms with Crippen LogP contribution in [-0.4, -0.2) is 26.2 Å². The number of benzene rings is 1. The number of hydrogen-bond donors (Lipinski definition) is 1. The van der Waals surface area contributed by atoms with Crippen molar-refractivity contribution >= 4 is 17.0 Å². The zero-order valence-electron chi connectivity index (χ0n) is 11.6. The van der Waals surface area contributed by atoms with E-state index in [9.17, 15) is 0 Å². The summed E-state index contributed by atoms with van der Waals surface area (Å²) in [5, 5.41) is 0. The minimum Gasteiger partial charge on any atom is -0.497 e. The van der Waals surface area contributed by atoms with E-state index in [4.69, 9.17) is 10.5 Å². The minimum absolute atomic E-state index is 0.516. The van der Waals surface area contributed by atoms with Crippen LogP contribution in [0.2, 0.25) is 0 Å². The SMILES string of the molecule is COc1ccc2c(c1)nc(N)n2CCc1nccn1C. The molecule has 0 spiro atoms. The van der Waals surface area contributed by atoms with Crippen LogP contribution in [0.3, 0.4) is 0 Å². The van der Waals surface area contributed by atoms with E-state index in [-0.39, 0.29) is 0 Å². The molecule has 0 saturated heterocycles. The number of aromatic nitrogens is 4. The molecule has 2 heterocycles. The number of nitrogens with two attached hydrogens (primary N) is 1. The Labute approximate surface area is 116 Å². The molecule has 0 radical (unpaired) electrons. The Hall–Kier alpha value is -2.50. The third-order valence-corrected chi connectivity index (χ3v) is 3.46. The van der Waals surface area contributed by atoms with Crippen LogP contribution in [0, 0.1) is 0 Å². The van der Waals surface area contributed by atoms with E-state index in [0.29, 0.717) is 5.95 Å². The van der Waals surface area contributed by atoms with Crippen LogP contribution in [0.15, 0.2) is 30.6 Å². The lowest BCUT2D eigenvalue weighted by Crippen LogP contribution is -2.08. The van der Waals surface area contributed by atoms with Gasteiger partial charge in [-0.1, -0.05) is 0 Å². The van der Waals surface area contributed by atoms with Crippen molar-refractivity contribution in [2.45, 2.75) is 13.0 Å². The second-order valence-electron chi connectivity index (χ2n) is 4.68. The van der Waals surface area contributed by atoms with Crippen LogP contribution in [0.4, 0.5) is 5.95 Å². The predicted molar refractivity (Wildman–Crippen MR) is 77.6 cm³/mol. The number of rotatable bonds is 4. The molecule has 20 heavy (non-hydrogen) atoms. The molecule has 104 valence electrons. The highest BCUT2D eigenvalue weighted by Crippen LogP contribution is 2.23. The molecule has 1 aromatic carbocycles. The Bertz CT molecular complexity index is 743. The Balaban J connectivity index is 1.91. The minimum atomic E-state index is 0.516. The molecule has 6 heteroatoms. The van der Waals surface area contributed by atoms with Gasteiger partial charge in [0.1, 0.15) is 11.6 Å². The Morgan fingerprint density at radius 3 is 2.90 bits per heavy atom. The van der Waals surface area contributed by atoms with Crippen molar-refractivity contribution in [3.05, 3.63) is 36.4 Å². The summed E-state index contributed by atoms with van der Waals surface area (Å²) >= 11 is 0. The summed E-state index contributed by atoms with van der Waals surface area (Å²) in [4.78, 5) is 8.70. The van der Waals surface area contributed by atoms with Crippen LogP contribution < -0.4 is 10.5 Å². The topological polar surface area (TPSA) is 70.9 Å². The molecule has 2 N–H and O–H groups in total. The Kier molecular flexibility index (Phi) is 3.06. The van der Waals surface area contributed by atoms with Crippen LogP contribution in [0.1, 0.15) is 5.82 Å². The average molecular weight is 271 g/mol. The van der Waals surface area contributed by atoms with Gasteiger partial charge in [-0.25, -0.2) is 9.97 Å². The largest absolute Gasteiger partial charge is 0.497 e. The molecule has 0 atom stereocenters. The van der Waals surface area contributed by atoms with Gasteiger partial charge in [-0.2, -0.15) is 0 Å². The number of ether oxygens (including phenoxy) is 1. The highest BCUT2D eigenvalue weighted by molar-refractivity contribution is 5.79. The van der Waals surface area contributed by atoms with Crippen molar-refractivity contribution in [2.75, 3.05) is 12.8 Å². The zero-order chi connectivity index (χ0) is 14.1. The van der Waals surface area contributed by atoms with Gasteiger partial charge >= 0.3 is 0 Å². The molecule has 3 rings (SSSR count). The van der Waals surface area contributed by atoms with Crippen LogP contribution in [-0.2, 0) is 20.0 Å². The maximum absolute atomic E-state index is 6.01. The molecule has 0 unspecified atom stereocenters. The summed E-state index contributed by atoms with van der Waals surface area (Å²) in [6.07, 6.45) is 4.55. The lowest BCUT2D eigenvalue weighted by atomic mass is 10.3. The summed E-state index contributed by atoms with van der Waals surface area (Å²) in [7, 11) is 3.63. The van der Waals surface area contributed by atoms with E-state index < -0.39 is 0 Å². The first kappa shape index (κ1) is 12.5. The molecule has 3 aromatic rings. The number of nitrogens with zero attached hydrogens (tertiary/aromatic N) is 4. The van der Waals surface area contributed by atoms with Crippen molar-refractivity contribution in [3.63, 3.8) is 0 Å². The summed E-state index contributed by atoms with van der Waals surface area (Å²) in [6.45, 7) is 0.750. The number of aryl methyl sites for hydroxylation is 3. The van der Waals surface area contributed by atoms with Gasteiger partial charge in [0.15, 0.2) is 0 Å². The Morgan fingerprint density at radius 1 is 1.35 bits per heavy atom. The van der Waals surface area contributed by atoms with Crippen molar-refractivity contribution in [1.82, 2.24) is 19.1 Å². The monoisotopic (exact) mass is 271 g/mol. The third kappa shape index (κ3) is 2.09. The van der Waals surface area contributed by atoms with Gasteiger partial charge < -0.3 is 19.6 Å². The maximum atomic E-state index is 6.01. The van der Waals surface area contributed by atoms with Crippen molar-refractivity contribution in [2.24, 2.45) is 7.05 Å². The predicted octanol–water partition coefficient (Wildman–Crippen LogP) is 1.60. The number of imidazole rings is 2. The molecule has 2 aromatic heterocycles. The zero-order valence-corrected chi connectivity index (χ0v) is 11.6. The molecule has 0 bridgehead atoms. The number of anilines is 1. The van der Waals surface area contributed by atoms with Gasteiger partial charge in [-0.3, -0.25) is 0 Å². The summed E-state index contributed by atoms with van der Waals surface area (Å²) in [5.41, 5.74) is 7.87. The van der Waals surface area contributed by atoms with Crippen LogP contribution in [0.5, 0.6) is 5.75 Å². The van der Waals surface area contributed by atoms with E-state index in [1.54, 1.807) is 13.3 Å². The van der Waals surface area contributed by atoms with E-state index in [1.807, 2.05) is 40.6 Å². The van der Waals surface area contributed by atoms with Crippen molar-refractivity contribution in [1.29, 1.82) is 0 Å². The second-order valence-corrected chi connectivity index (χ2v) is 4.68. The summed E-state index contributed by atoms with van der Waals surface area (Å²) in [6, 6.07) is 5.79. The molecular formula is C14H17N5O. The lowest BCUT2D eigenvalue weighted by molar-refractivity contribution is 0.415. The number of nitrogen functional groups attached to an aromatic ring is 1. The number of fused-ring (bicyclic) bond motifs is 1. The second kappa shape index (κ2) is 4.88. The molecule has 0 amide bonds. The van der Waals surface area contributed by atoms with Gasteiger partial charge in [-0.15, -0.1) is 0 Å². The van der Waals surface area contributed by atoms with E-state index in [0.717, 1.165) is 35.6 Å². The first-order chi connectivity index (χ1) is 9.69. The fraction of sp³-hybridized carbons (Fsp3) is 0.286. The van der Waals surface area contributed by atoms with Crippen molar-refractivity contribution in [3.8, 4) is 5.75 Å². The fourth-order valence-electron chi connectivity index (χ4n) is 2.34. The summed E-state index contributed by atoms with van der Waals surface area (Å²) in [5.74, 6) is 2.33. The first-order valence-corrected chi connectivity index (χ1v) is 6.45. The normalized spacial score (nSPS) is 11.1. The number of methoxy groups -OCH3 is 1. The summed E-state index contributed by atoms with van der Waals surface area (Å²) < 4.78 is 9.22. The lowest BCUT2D eigenvalue weighted by Gasteiger charge is -2.07. The van der Waals surface area contributed by atoms with Gasteiger partial charge in [0.2, 0.25) is 5.95 Å². The van der Waals surface area contributed by atoms with E-state index >= 15 is 0 Å². The molecular weight excluding hydrogens is 254 g/mol. The molecule has 0 saturated carbocycles. The Morgan fingerprint density at radius 2 is 2.20 bits per heavy atom. The molecule has 6 nitrogen and oxygen atoms in total.